The molecule has 0 spiro atoms. The molecule has 0 aliphatic rings. The van der Waals surface area contributed by atoms with Gasteiger partial charge in [-0.3, -0.25) is 4.79 Å². The third-order valence-corrected chi connectivity index (χ3v) is 3.90. The Hall–Kier alpha value is -2.70. The summed E-state index contributed by atoms with van der Waals surface area (Å²) < 4.78 is 0. The molecule has 120 valence electrons. The van der Waals surface area contributed by atoms with Crippen LogP contribution >= 0.6 is 0 Å². The van der Waals surface area contributed by atoms with E-state index in [4.69, 9.17) is 0 Å². The standard InChI is InChI=1S/C16H20N6O/c1-10-7-13-14(8-11(10)2)20-15(19-13)3-4-16(23)17-6-5-12-9-18-22-21-12/h7-9H,3-6H2,1-2H3,(H,17,23)(H,19,20)(H,18,21,22). The second-order valence-electron chi connectivity index (χ2n) is 5.70. The molecule has 0 saturated heterocycles. The fourth-order valence-electron chi connectivity index (χ4n) is 2.44. The first kappa shape index (κ1) is 15.2. The van der Waals surface area contributed by atoms with Gasteiger partial charge < -0.3 is 10.3 Å². The number of hydrogen-bond acceptors (Lipinski definition) is 4. The van der Waals surface area contributed by atoms with Crippen molar-refractivity contribution in [3.05, 3.63) is 41.0 Å². The van der Waals surface area contributed by atoms with Crippen molar-refractivity contribution < 1.29 is 4.79 Å². The third kappa shape index (κ3) is 3.74. The minimum atomic E-state index is 0.0151. The Morgan fingerprint density at radius 2 is 2.04 bits per heavy atom. The maximum Gasteiger partial charge on any atom is 0.220 e. The van der Waals surface area contributed by atoms with Crippen molar-refractivity contribution in [1.82, 2.24) is 30.7 Å². The van der Waals surface area contributed by atoms with Crippen molar-refractivity contribution in [3.8, 4) is 0 Å². The summed E-state index contributed by atoms with van der Waals surface area (Å²) in [5, 5.41) is 13.1. The third-order valence-electron chi connectivity index (χ3n) is 3.90. The lowest BCUT2D eigenvalue weighted by molar-refractivity contribution is -0.121. The summed E-state index contributed by atoms with van der Waals surface area (Å²) in [4.78, 5) is 19.7. The summed E-state index contributed by atoms with van der Waals surface area (Å²) in [6, 6.07) is 4.17. The van der Waals surface area contributed by atoms with Crippen LogP contribution in [0.3, 0.4) is 0 Å². The van der Waals surface area contributed by atoms with E-state index in [1.807, 2.05) is 0 Å². The highest BCUT2D eigenvalue weighted by molar-refractivity contribution is 5.78. The minimum Gasteiger partial charge on any atom is -0.356 e. The smallest absolute Gasteiger partial charge is 0.220 e. The number of aromatic amines is 2. The fraction of sp³-hybridized carbons (Fsp3) is 0.375. The van der Waals surface area contributed by atoms with Gasteiger partial charge >= 0.3 is 0 Å². The maximum absolute atomic E-state index is 11.9. The Morgan fingerprint density at radius 3 is 2.83 bits per heavy atom. The highest BCUT2D eigenvalue weighted by Crippen LogP contribution is 2.17. The SMILES string of the molecule is Cc1cc2nc(CCC(=O)NCCc3cn[nH]n3)[nH]c2cc1C. The number of benzene rings is 1. The molecule has 2 heterocycles. The van der Waals surface area contributed by atoms with E-state index < -0.39 is 0 Å². The number of imidazole rings is 1. The molecule has 2 aromatic heterocycles. The van der Waals surface area contributed by atoms with E-state index in [0.717, 1.165) is 22.6 Å². The first-order valence-electron chi connectivity index (χ1n) is 7.69. The maximum atomic E-state index is 11.9. The summed E-state index contributed by atoms with van der Waals surface area (Å²) in [5.74, 6) is 0.859. The topological polar surface area (TPSA) is 99.3 Å². The van der Waals surface area contributed by atoms with Crippen LogP contribution in [0.5, 0.6) is 0 Å². The molecule has 0 bridgehead atoms. The van der Waals surface area contributed by atoms with Crippen molar-refractivity contribution in [2.24, 2.45) is 0 Å². The zero-order chi connectivity index (χ0) is 16.2. The lowest BCUT2D eigenvalue weighted by Crippen LogP contribution is -2.26. The highest BCUT2D eigenvalue weighted by atomic mass is 16.1. The number of carbonyl (C=O) groups excluding carboxylic acids is 1. The van der Waals surface area contributed by atoms with Gasteiger partial charge in [0.05, 0.1) is 22.9 Å². The number of nitrogens with zero attached hydrogens (tertiary/aromatic N) is 3. The molecule has 1 aromatic carbocycles. The van der Waals surface area contributed by atoms with E-state index in [9.17, 15) is 4.79 Å². The molecule has 0 aliphatic carbocycles. The summed E-state index contributed by atoms with van der Waals surface area (Å²) >= 11 is 0. The molecule has 23 heavy (non-hydrogen) atoms. The monoisotopic (exact) mass is 312 g/mol. The van der Waals surface area contributed by atoms with E-state index in [1.165, 1.54) is 11.1 Å². The first-order chi connectivity index (χ1) is 11.1. The van der Waals surface area contributed by atoms with Crippen LogP contribution in [-0.2, 0) is 17.6 Å². The minimum absolute atomic E-state index is 0.0151. The van der Waals surface area contributed by atoms with Crippen LogP contribution in [0.15, 0.2) is 18.3 Å². The van der Waals surface area contributed by atoms with Crippen molar-refractivity contribution in [1.29, 1.82) is 0 Å². The highest BCUT2D eigenvalue weighted by Gasteiger charge is 2.08. The predicted molar refractivity (Wildman–Crippen MR) is 87.0 cm³/mol. The van der Waals surface area contributed by atoms with Crippen LogP contribution in [0.1, 0.15) is 29.1 Å². The molecule has 1 amide bonds. The molecule has 0 unspecified atom stereocenters. The number of fused-ring (bicyclic) bond motifs is 1. The molecule has 3 rings (SSSR count). The van der Waals surface area contributed by atoms with Gasteiger partial charge in [0.25, 0.3) is 0 Å². The quantitative estimate of drug-likeness (QED) is 0.643. The molecule has 0 fully saturated rings. The van der Waals surface area contributed by atoms with Crippen molar-refractivity contribution >= 4 is 16.9 Å². The van der Waals surface area contributed by atoms with E-state index in [0.29, 0.717) is 25.8 Å². The number of aryl methyl sites for hydroxylation is 3. The predicted octanol–water partition coefficient (Wildman–Crippen LogP) is 1.59. The molecule has 3 N–H and O–H groups in total. The van der Waals surface area contributed by atoms with Gasteiger partial charge in [0, 0.05) is 25.8 Å². The Labute approximate surface area is 133 Å². The van der Waals surface area contributed by atoms with Crippen LogP contribution < -0.4 is 5.32 Å². The van der Waals surface area contributed by atoms with Crippen LogP contribution in [0, 0.1) is 13.8 Å². The van der Waals surface area contributed by atoms with Gasteiger partial charge in [-0.25, -0.2) is 4.98 Å². The fourth-order valence-corrected chi connectivity index (χ4v) is 2.44. The zero-order valence-electron chi connectivity index (χ0n) is 13.3. The Bertz CT molecular complexity index is 766. The molecule has 0 atom stereocenters. The van der Waals surface area contributed by atoms with Crippen molar-refractivity contribution in [3.63, 3.8) is 0 Å². The molecule has 0 radical (unpaired) electrons. The van der Waals surface area contributed by atoms with Gasteiger partial charge in [-0.15, -0.1) is 0 Å². The lowest BCUT2D eigenvalue weighted by atomic mass is 10.1. The van der Waals surface area contributed by atoms with Crippen molar-refractivity contribution in [2.75, 3.05) is 6.54 Å². The number of H-pyrrole nitrogens is 2. The number of nitrogens with one attached hydrogen (secondary N) is 3. The number of carbonyl (C=O) groups is 1. The number of rotatable bonds is 6. The average molecular weight is 312 g/mol. The summed E-state index contributed by atoms with van der Waals surface area (Å²) in [5.41, 5.74) is 5.27. The molecule has 7 heteroatoms. The number of amides is 1. The van der Waals surface area contributed by atoms with Crippen LogP contribution in [0.2, 0.25) is 0 Å². The van der Waals surface area contributed by atoms with Crippen LogP contribution in [0.25, 0.3) is 11.0 Å². The molecular formula is C16H20N6O. The van der Waals surface area contributed by atoms with E-state index in [-0.39, 0.29) is 5.91 Å². The van der Waals surface area contributed by atoms with Gasteiger partial charge in [-0.05, 0) is 37.1 Å². The van der Waals surface area contributed by atoms with Crippen molar-refractivity contribution in [2.45, 2.75) is 33.1 Å². The molecule has 7 nitrogen and oxygen atoms in total. The Morgan fingerprint density at radius 1 is 1.22 bits per heavy atom. The second-order valence-corrected chi connectivity index (χ2v) is 5.70. The van der Waals surface area contributed by atoms with Gasteiger partial charge in [0.2, 0.25) is 5.91 Å². The molecule has 0 saturated carbocycles. The zero-order valence-corrected chi connectivity index (χ0v) is 13.3. The first-order valence-corrected chi connectivity index (χ1v) is 7.69. The normalized spacial score (nSPS) is 11.0. The lowest BCUT2D eigenvalue weighted by Gasteiger charge is -2.02. The summed E-state index contributed by atoms with van der Waals surface area (Å²) in [7, 11) is 0. The van der Waals surface area contributed by atoms with Gasteiger partial charge in [-0.1, -0.05) is 0 Å². The molecule has 0 aliphatic heterocycles. The van der Waals surface area contributed by atoms with E-state index in [1.54, 1.807) is 6.20 Å². The van der Waals surface area contributed by atoms with Crippen LogP contribution in [-0.4, -0.2) is 37.8 Å². The number of aromatic nitrogens is 5. The van der Waals surface area contributed by atoms with E-state index >= 15 is 0 Å². The average Bonchev–Trinajstić information content (AvgIpc) is 3.15. The van der Waals surface area contributed by atoms with Gasteiger partial charge in [0.1, 0.15) is 5.82 Å². The largest absolute Gasteiger partial charge is 0.356 e. The summed E-state index contributed by atoms with van der Waals surface area (Å²) in [6.07, 6.45) is 3.34. The Balaban J connectivity index is 1.50. The molecular weight excluding hydrogens is 292 g/mol. The second kappa shape index (κ2) is 6.60. The number of hydrogen-bond donors (Lipinski definition) is 3. The van der Waals surface area contributed by atoms with Crippen LogP contribution in [0.4, 0.5) is 0 Å². The Kier molecular flexibility index (Phi) is 4.36. The van der Waals surface area contributed by atoms with Gasteiger partial charge in [-0.2, -0.15) is 15.4 Å². The van der Waals surface area contributed by atoms with E-state index in [2.05, 4.69) is 56.7 Å². The van der Waals surface area contributed by atoms with Gasteiger partial charge in [0.15, 0.2) is 0 Å². The summed E-state index contributed by atoms with van der Waals surface area (Å²) in [6.45, 7) is 4.72. The molecule has 3 aromatic rings.